The number of ketones is 2. The Labute approximate surface area is 147 Å². The van der Waals surface area contributed by atoms with E-state index in [1.54, 1.807) is 0 Å². The van der Waals surface area contributed by atoms with Gasteiger partial charge in [-0.2, -0.15) is 0 Å². The van der Waals surface area contributed by atoms with Gasteiger partial charge in [-0.1, -0.05) is 36.4 Å². The lowest BCUT2D eigenvalue weighted by Gasteiger charge is -2.60. The molecule has 4 aliphatic carbocycles. The highest BCUT2D eigenvalue weighted by molar-refractivity contribution is 14.1. The third-order valence-electron chi connectivity index (χ3n) is 8.23. The second-order valence-corrected chi connectivity index (χ2v) is 10.4. The molecule has 0 radical (unpaired) electrons. The van der Waals surface area contributed by atoms with Crippen LogP contribution in [0.15, 0.2) is 0 Å². The van der Waals surface area contributed by atoms with Gasteiger partial charge in [-0.15, -0.1) is 0 Å². The molecule has 0 aromatic heterocycles. The Kier molecular flexibility index (Phi) is 3.57. The number of fused-ring (bicyclic) bond motifs is 5. The van der Waals surface area contributed by atoms with E-state index in [0.717, 1.165) is 43.9 Å². The maximum Gasteiger partial charge on any atom is 0.139 e. The third kappa shape index (κ3) is 1.89. The highest BCUT2D eigenvalue weighted by Crippen LogP contribution is 2.66. The molecule has 4 aliphatic rings. The van der Waals surface area contributed by atoms with Crippen LogP contribution in [0.25, 0.3) is 0 Å². The van der Waals surface area contributed by atoms with Crippen molar-refractivity contribution < 1.29 is 9.59 Å². The van der Waals surface area contributed by atoms with Gasteiger partial charge in [0.05, 0.1) is 0 Å². The number of carbonyl (C=O) groups excluding carboxylic acids is 2. The average molecular weight is 414 g/mol. The highest BCUT2D eigenvalue weighted by atomic mass is 127. The topological polar surface area (TPSA) is 34.1 Å². The molecule has 1 unspecified atom stereocenters. The van der Waals surface area contributed by atoms with Crippen molar-refractivity contribution >= 4 is 34.2 Å². The zero-order valence-electron chi connectivity index (χ0n) is 13.7. The van der Waals surface area contributed by atoms with Crippen molar-refractivity contribution in [1.29, 1.82) is 0 Å². The molecule has 4 rings (SSSR count). The summed E-state index contributed by atoms with van der Waals surface area (Å²) in [7, 11) is 0. The largest absolute Gasteiger partial charge is 0.300 e. The van der Waals surface area contributed by atoms with Crippen molar-refractivity contribution in [2.45, 2.75) is 69.1 Å². The molecule has 0 aliphatic heterocycles. The summed E-state index contributed by atoms with van der Waals surface area (Å²) < 4.78 is 0.491. The molecule has 0 spiro atoms. The Morgan fingerprint density at radius 3 is 2.55 bits per heavy atom. The second kappa shape index (κ2) is 5.03. The molecule has 0 saturated heterocycles. The molecule has 22 heavy (non-hydrogen) atoms. The molecule has 2 nitrogen and oxygen atoms in total. The van der Waals surface area contributed by atoms with Crippen molar-refractivity contribution in [3.8, 4) is 0 Å². The van der Waals surface area contributed by atoms with Gasteiger partial charge in [0.25, 0.3) is 0 Å². The number of halogens is 1. The molecule has 0 N–H and O–H groups in total. The Morgan fingerprint density at radius 1 is 1.00 bits per heavy atom. The van der Waals surface area contributed by atoms with Crippen LogP contribution in [0.5, 0.6) is 0 Å². The molecule has 0 aromatic rings. The Hall–Kier alpha value is 0.0700. The molecule has 4 saturated carbocycles. The lowest BCUT2D eigenvalue weighted by Crippen LogP contribution is -2.57. The zero-order valence-corrected chi connectivity index (χ0v) is 15.9. The second-order valence-electron chi connectivity index (χ2n) is 8.85. The maximum absolute atomic E-state index is 12.4. The number of hydrogen-bond acceptors (Lipinski definition) is 2. The van der Waals surface area contributed by atoms with Gasteiger partial charge >= 0.3 is 0 Å². The van der Waals surface area contributed by atoms with Crippen molar-refractivity contribution in [2.24, 2.45) is 34.5 Å². The molecule has 3 heteroatoms. The van der Waals surface area contributed by atoms with Crippen LogP contribution in [0.3, 0.4) is 0 Å². The monoisotopic (exact) mass is 414 g/mol. The summed E-state index contributed by atoms with van der Waals surface area (Å²) in [6.45, 7) is 4.74. The van der Waals surface area contributed by atoms with E-state index in [-0.39, 0.29) is 5.41 Å². The van der Waals surface area contributed by atoms with Crippen molar-refractivity contribution in [3.63, 3.8) is 0 Å². The summed E-state index contributed by atoms with van der Waals surface area (Å²) in [4.78, 5) is 24.5. The summed E-state index contributed by atoms with van der Waals surface area (Å²) in [5, 5.41) is 0. The van der Waals surface area contributed by atoms with E-state index in [4.69, 9.17) is 0 Å². The van der Waals surface area contributed by atoms with Crippen LogP contribution < -0.4 is 0 Å². The summed E-state index contributed by atoms with van der Waals surface area (Å²) in [6.07, 6.45) is 8.32. The van der Waals surface area contributed by atoms with Gasteiger partial charge in [0.15, 0.2) is 0 Å². The van der Waals surface area contributed by atoms with Crippen LogP contribution in [0.1, 0.15) is 65.2 Å². The van der Waals surface area contributed by atoms with Gasteiger partial charge < -0.3 is 0 Å². The van der Waals surface area contributed by atoms with E-state index in [1.165, 1.54) is 19.3 Å². The number of Topliss-reactive ketones (excluding diaryl/α,β-unsaturated/α-hetero) is 2. The number of alkyl halides is 1. The van der Waals surface area contributed by atoms with Crippen molar-refractivity contribution in [1.82, 2.24) is 0 Å². The van der Waals surface area contributed by atoms with E-state index >= 15 is 0 Å². The van der Waals surface area contributed by atoms with E-state index in [9.17, 15) is 9.59 Å². The Bertz CT molecular complexity index is 530. The van der Waals surface area contributed by atoms with Gasteiger partial charge in [0.2, 0.25) is 0 Å². The van der Waals surface area contributed by atoms with Crippen LogP contribution in [-0.2, 0) is 9.59 Å². The van der Waals surface area contributed by atoms with Crippen LogP contribution >= 0.6 is 22.6 Å². The average Bonchev–Trinajstić information content (AvgIpc) is 2.77. The van der Waals surface area contributed by atoms with Crippen molar-refractivity contribution in [3.05, 3.63) is 0 Å². The lowest BCUT2D eigenvalue weighted by atomic mass is 9.45. The summed E-state index contributed by atoms with van der Waals surface area (Å²) >= 11 is 2.57. The minimum absolute atomic E-state index is 0.0182. The van der Waals surface area contributed by atoms with E-state index < -0.39 is 0 Å². The van der Waals surface area contributed by atoms with Gasteiger partial charge in [-0.3, -0.25) is 9.59 Å². The molecule has 0 heterocycles. The lowest BCUT2D eigenvalue weighted by molar-refractivity contribution is -0.142. The van der Waals surface area contributed by atoms with Gasteiger partial charge in [0.1, 0.15) is 11.6 Å². The van der Waals surface area contributed by atoms with Crippen LogP contribution in [0, 0.1) is 34.5 Å². The smallest absolute Gasteiger partial charge is 0.139 e. The minimum atomic E-state index is -0.0182. The standard InChI is InChI=1S/C19H27IO2/c1-18-8-7-15-13(14(18)5-6-17(18)22)4-3-11-9-12(21)10-16(20)19(11,15)2/h11,13-16H,3-10H2,1-2H3/t11-,13-,14-,15-,16?,18-,19-/m0/s1. The van der Waals surface area contributed by atoms with Crippen LogP contribution in [0.2, 0.25) is 0 Å². The highest BCUT2D eigenvalue weighted by Gasteiger charge is 2.62. The molecule has 122 valence electrons. The fraction of sp³-hybridized carbons (Fsp3) is 0.895. The van der Waals surface area contributed by atoms with Crippen LogP contribution in [-0.4, -0.2) is 15.5 Å². The summed E-state index contributed by atoms with van der Waals surface area (Å²) in [5.41, 5.74) is 0.306. The molecule has 7 atom stereocenters. The SMILES string of the molecule is C[C@]12C(I)CC(=O)C[C@@H]1CC[C@@H]1[C@@H]2CC[C@]2(C)C(=O)CC[C@@H]12. The number of rotatable bonds is 0. The first-order chi connectivity index (χ1) is 10.4. The summed E-state index contributed by atoms with van der Waals surface area (Å²) in [6, 6.07) is 0. The Morgan fingerprint density at radius 2 is 1.77 bits per heavy atom. The molecule has 0 amide bonds. The Balaban J connectivity index is 1.69. The fourth-order valence-electron chi connectivity index (χ4n) is 6.83. The van der Waals surface area contributed by atoms with Gasteiger partial charge in [-0.05, 0) is 61.2 Å². The predicted molar refractivity (Wildman–Crippen MR) is 94.9 cm³/mol. The summed E-state index contributed by atoms with van der Waals surface area (Å²) in [5.74, 6) is 3.71. The van der Waals surface area contributed by atoms with Crippen LogP contribution in [0.4, 0.5) is 0 Å². The van der Waals surface area contributed by atoms with E-state index in [2.05, 4.69) is 36.4 Å². The third-order valence-corrected chi connectivity index (χ3v) is 10.0. The van der Waals surface area contributed by atoms with Gasteiger partial charge in [-0.25, -0.2) is 0 Å². The number of carbonyl (C=O) groups is 2. The maximum atomic E-state index is 12.4. The fourth-order valence-corrected chi connectivity index (χ4v) is 8.29. The van der Waals surface area contributed by atoms with E-state index in [0.29, 0.717) is 32.7 Å². The quantitative estimate of drug-likeness (QED) is 0.430. The predicted octanol–water partition coefficient (Wildman–Crippen LogP) is 4.58. The van der Waals surface area contributed by atoms with E-state index in [1.807, 2.05) is 0 Å². The first kappa shape index (κ1) is 15.6. The number of hydrogen-bond donors (Lipinski definition) is 0. The molecular weight excluding hydrogens is 387 g/mol. The first-order valence-electron chi connectivity index (χ1n) is 9.06. The first-order valence-corrected chi connectivity index (χ1v) is 10.3. The molecule has 0 bridgehead atoms. The van der Waals surface area contributed by atoms with Gasteiger partial charge in [0, 0.05) is 28.6 Å². The molecule has 4 fully saturated rings. The minimum Gasteiger partial charge on any atom is -0.300 e. The molecular formula is C19H27IO2. The van der Waals surface area contributed by atoms with Crippen molar-refractivity contribution in [2.75, 3.05) is 0 Å². The molecule has 0 aromatic carbocycles. The zero-order chi connectivity index (χ0) is 15.7. The normalized spacial score (nSPS) is 54.6.